The average molecular weight is 290 g/mol. The molecule has 0 radical (unpaired) electrons. The van der Waals surface area contributed by atoms with Crippen LogP contribution in [0.15, 0.2) is 22.7 Å². The molecule has 1 aromatic carbocycles. The van der Waals surface area contributed by atoms with Crippen LogP contribution in [0, 0.1) is 11.2 Å². The quantitative estimate of drug-likeness (QED) is 0.874. The number of hydrogen-bond donors (Lipinski definition) is 2. The molecule has 0 spiro atoms. The zero-order valence-electron chi connectivity index (χ0n) is 9.56. The second kappa shape index (κ2) is 5.75. The lowest BCUT2D eigenvalue weighted by atomic mass is 9.95. The van der Waals surface area contributed by atoms with Gasteiger partial charge in [0.05, 0.1) is 4.47 Å². The van der Waals surface area contributed by atoms with Crippen LogP contribution < -0.4 is 5.32 Å². The Kier molecular flexibility index (Phi) is 4.89. The SMILES string of the molecule is CC(C)(CO)CNCc1ccc(Br)c(F)c1. The molecule has 2 nitrogen and oxygen atoms in total. The number of aliphatic hydroxyl groups excluding tert-OH is 1. The van der Waals surface area contributed by atoms with Crippen molar-refractivity contribution in [2.24, 2.45) is 5.41 Å². The summed E-state index contributed by atoms with van der Waals surface area (Å²) in [6.45, 7) is 5.38. The Morgan fingerprint density at radius 3 is 2.69 bits per heavy atom. The highest BCUT2D eigenvalue weighted by atomic mass is 79.9. The topological polar surface area (TPSA) is 32.3 Å². The van der Waals surface area contributed by atoms with E-state index in [0.717, 1.165) is 5.56 Å². The van der Waals surface area contributed by atoms with Gasteiger partial charge in [-0.3, -0.25) is 0 Å². The minimum Gasteiger partial charge on any atom is -0.396 e. The maximum atomic E-state index is 13.2. The Balaban J connectivity index is 2.46. The third-order valence-electron chi connectivity index (χ3n) is 2.34. The molecular weight excluding hydrogens is 273 g/mol. The number of halogens is 2. The highest BCUT2D eigenvalue weighted by Gasteiger charge is 2.15. The van der Waals surface area contributed by atoms with Crippen molar-refractivity contribution in [2.45, 2.75) is 20.4 Å². The van der Waals surface area contributed by atoms with Gasteiger partial charge in [-0.05, 0) is 33.6 Å². The minimum absolute atomic E-state index is 0.134. The number of nitrogens with one attached hydrogen (secondary N) is 1. The summed E-state index contributed by atoms with van der Waals surface area (Å²) in [5, 5.41) is 12.3. The van der Waals surface area contributed by atoms with Crippen LogP contribution in [0.2, 0.25) is 0 Å². The van der Waals surface area contributed by atoms with Crippen molar-refractivity contribution in [2.75, 3.05) is 13.2 Å². The minimum atomic E-state index is -0.249. The van der Waals surface area contributed by atoms with Crippen LogP contribution in [0.25, 0.3) is 0 Å². The molecule has 0 atom stereocenters. The van der Waals surface area contributed by atoms with E-state index in [0.29, 0.717) is 17.6 Å². The number of rotatable bonds is 5. The van der Waals surface area contributed by atoms with Crippen molar-refractivity contribution >= 4 is 15.9 Å². The Labute approximate surface area is 104 Å². The second-order valence-corrected chi connectivity index (χ2v) is 5.53. The van der Waals surface area contributed by atoms with Crippen LogP contribution in [0.4, 0.5) is 4.39 Å². The molecule has 0 heterocycles. The smallest absolute Gasteiger partial charge is 0.137 e. The Morgan fingerprint density at radius 2 is 2.12 bits per heavy atom. The number of aliphatic hydroxyl groups is 1. The molecule has 90 valence electrons. The van der Waals surface area contributed by atoms with Crippen LogP contribution in [0.5, 0.6) is 0 Å². The van der Waals surface area contributed by atoms with Gasteiger partial charge in [0.25, 0.3) is 0 Å². The van der Waals surface area contributed by atoms with Gasteiger partial charge in [0, 0.05) is 25.1 Å². The Morgan fingerprint density at radius 1 is 1.44 bits per heavy atom. The average Bonchev–Trinajstić information content (AvgIpc) is 2.23. The first-order valence-corrected chi connectivity index (χ1v) is 5.99. The van der Waals surface area contributed by atoms with Crippen LogP contribution in [0.3, 0.4) is 0 Å². The first-order valence-electron chi connectivity index (χ1n) is 5.20. The summed E-state index contributed by atoms with van der Waals surface area (Å²) in [7, 11) is 0. The fourth-order valence-corrected chi connectivity index (χ4v) is 1.50. The van der Waals surface area contributed by atoms with Crippen molar-refractivity contribution < 1.29 is 9.50 Å². The number of benzene rings is 1. The summed E-state index contributed by atoms with van der Waals surface area (Å²) in [5.74, 6) is -0.249. The molecular formula is C12H17BrFNO. The largest absolute Gasteiger partial charge is 0.396 e. The summed E-state index contributed by atoms with van der Waals surface area (Å²) in [6.07, 6.45) is 0. The molecule has 0 aliphatic heterocycles. The van der Waals surface area contributed by atoms with E-state index in [2.05, 4.69) is 21.2 Å². The van der Waals surface area contributed by atoms with E-state index in [9.17, 15) is 4.39 Å². The maximum absolute atomic E-state index is 13.2. The van der Waals surface area contributed by atoms with Crippen LogP contribution in [0.1, 0.15) is 19.4 Å². The molecule has 16 heavy (non-hydrogen) atoms. The monoisotopic (exact) mass is 289 g/mol. The zero-order chi connectivity index (χ0) is 12.2. The van der Waals surface area contributed by atoms with E-state index < -0.39 is 0 Å². The molecule has 0 aromatic heterocycles. The van der Waals surface area contributed by atoms with Gasteiger partial charge in [-0.2, -0.15) is 0 Å². The van der Waals surface area contributed by atoms with Gasteiger partial charge in [-0.25, -0.2) is 4.39 Å². The van der Waals surface area contributed by atoms with E-state index in [1.165, 1.54) is 6.07 Å². The van der Waals surface area contributed by atoms with Gasteiger partial charge < -0.3 is 10.4 Å². The standard InChI is InChI=1S/C12H17BrFNO/c1-12(2,8-16)7-15-6-9-3-4-10(13)11(14)5-9/h3-5,15-16H,6-8H2,1-2H3. The highest BCUT2D eigenvalue weighted by Crippen LogP contribution is 2.17. The summed E-state index contributed by atoms with van der Waals surface area (Å²) in [6, 6.07) is 5.07. The van der Waals surface area contributed by atoms with Gasteiger partial charge in [0.1, 0.15) is 5.82 Å². The lowest BCUT2D eigenvalue weighted by Crippen LogP contribution is -2.31. The summed E-state index contributed by atoms with van der Waals surface area (Å²) >= 11 is 3.11. The fourth-order valence-electron chi connectivity index (χ4n) is 1.25. The summed E-state index contributed by atoms with van der Waals surface area (Å²) < 4.78 is 13.7. The fraction of sp³-hybridized carbons (Fsp3) is 0.500. The lowest BCUT2D eigenvalue weighted by Gasteiger charge is -2.21. The predicted molar refractivity (Wildman–Crippen MR) is 66.7 cm³/mol. The molecule has 0 aliphatic rings. The molecule has 0 saturated carbocycles. The van der Waals surface area contributed by atoms with Crippen molar-refractivity contribution in [1.82, 2.24) is 5.32 Å². The second-order valence-electron chi connectivity index (χ2n) is 4.67. The van der Waals surface area contributed by atoms with Crippen LogP contribution in [-0.4, -0.2) is 18.3 Å². The molecule has 0 bridgehead atoms. The molecule has 0 unspecified atom stereocenters. The molecule has 0 fully saturated rings. The zero-order valence-corrected chi connectivity index (χ0v) is 11.1. The lowest BCUT2D eigenvalue weighted by molar-refractivity contribution is 0.156. The maximum Gasteiger partial charge on any atom is 0.137 e. The van der Waals surface area contributed by atoms with Crippen molar-refractivity contribution in [3.63, 3.8) is 0 Å². The first kappa shape index (κ1) is 13.6. The predicted octanol–water partition coefficient (Wildman–Crippen LogP) is 2.70. The van der Waals surface area contributed by atoms with Gasteiger partial charge in [0.2, 0.25) is 0 Å². The van der Waals surface area contributed by atoms with Gasteiger partial charge >= 0.3 is 0 Å². The normalized spacial score (nSPS) is 11.8. The van der Waals surface area contributed by atoms with E-state index in [1.807, 2.05) is 19.9 Å². The third-order valence-corrected chi connectivity index (χ3v) is 2.99. The van der Waals surface area contributed by atoms with Crippen molar-refractivity contribution in [3.8, 4) is 0 Å². The van der Waals surface area contributed by atoms with E-state index in [1.54, 1.807) is 6.07 Å². The van der Waals surface area contributed by atoms with Crippen molar-refractivity contribution in [1.29, 1.82) is 0 Å². The van der Waals surface area contributed by atoms with Crippen LogP contribution in [-0.2, 0) is 6.54 Å². The van der Waals surface area contributed by atoms with Gasteiger partial charge in [-0.1, -0.05) is 19.9 Å². The van der Waals surface area contributed by atoms with Gasteiger partial charge in [-0.15, -0.1) is 0 Å². The van der Waals surface area contributed by atoms with E-state index in [-0.39, 0.29) is 17.8 Å². The molecule has 0 saturated heterocycles. The molecule has 0 aliphatic carbocycles. The molecule has 2 N–H and O–H groups in total. The van der Waals surface area contributed by atoms with Gasteiger partial charge in [0.15, 0.2) is 0 Å². The Bertz CT molecular complexity index is 355. The Hall–Kier alpha value is -0.450. The summed E-state index contributed by atoms with van der Waals surface area (Å²) in [5.41, 5.74) is 0.753. The van der Waals surface area contributed by atoms with E-state index >= 15 is 0 Å². The highest BCUT2D eigenvalue weighted by molar-refractivity contribution is 9.10. The van der Waals surface area contributed by atoms with Crippen LogP contribution >= 0.6 is 15.9 Å². The third kappa shape index (κ3) is 4.20. The summed E-state index contributed by atoms with van der Waals surface area (Å²) in [4.78, 5) is 0. The van der Waals surface area contributed by atoms with E-state index in [4.69, 9.17) is 5.11 Å². The number of hydrogen-bond acceptors (Lipinski definition) is 2. The first-order chi connectivity index (χ1) is 7.44. The molecule has 4 heteroatoms. The molecule has 0 amide bonds. The molecule has 1 aromatic rings. The molecule has 1 rings (SSSR count). The van der Waals surface area contributed by atoms with Crippen molar-refractivity contribution in [3.05, 3.63) is 34.1 Å².